The smallest absolute Gasteiger partial charge is 0.266 e. The summed E-state index contributed by atoms with van der Waals surface area (Å²) in [7, 11) is 1.91. The van der Waals surface area contributed by atoms with Gasteiger partial charge in [-0.3, -0.25) is 4.79 Å². The van der Waals surface area contributed by atoms with Crippen LogP contribution in [0.25, 0.3) is 10.1 Å². The molecule has 5 heteroatoms. The zero-order chi connectivity index (χ0) is 15.0. The quantitative estimate of drug-likeness (QED) is 0.840. The number of carbonyl (C=O) groups is 1. The number of thiophene rings is 1. The van der Waals surface area contributed by atoms with Gasteiger partial charge >= 0.3 is 0 Å². The molecule has 2 aromatic rings. The Kier molecular flexibility index (Phi) is 4.22. The lowest BCUT2D eigenvalue weighted by atomic mass is 9.94. The average Bonchev–Trinajstić information content (AvgIpc) is 2.85. The molecular formula is C16H19BrN2OS. The van der Waals surface area contributed by atoms with Crippen molar-refractivity contribution in [3.05, 3.63) is 27.5 Å². The van der Waals surface area contributed by atoms with Crippen molar-refractivity contribution in [1.29, 1.82) is 0 Å². The number of rotatable bonds is 2. The monoisotopic (exact) mass is 366 g/mol. The standard InChI is InChI=1S/C16H19BrN2OS/c1-19(10-6-3-2-4-7-10)16(20)15-14(18)13-11(17)8-5-9-12(13)21-15/h5,8-10H,2-4,6-7,18H2,1H3. The maximum Gasteiger partial charge on any atom is 0.266 e. The van der Waals surface area contributed by atoms with E-state index in [1.165, 1.54) is 30.6 Å². The number of nitrogens with zero attached hydrogens (tertiary/aromatic N) is 1. The summed E-state index contributed by atoms with van der Waals surface area (Å²) in [6, 6.07) is 6.31. The minimum atomic E-state index is 0.0625. The van der Waals surface area contributed by atoms with Gasteiger partial charge in [0.15, 0.2) is 0 Å². The van der Waals surface area contributed by atoms with E-state index < -0.39 is 0 Å². The Hall–Kier alpha value is -1.07. The maximum atomic E-state index is 12.8. The average molecular weight is 367 g/mol. The second kappa shape index (κ2) is 5.97. The lowest BCUT2D eigenvalue weighted by Crippen LogP contribution is -2.38. The Morgan fingerprint density at radius 3 is 2.71 bits per heavy atom. The molecule has 112 valence electrons. The van der Waals surface area contributed by atoms with Crippen molar-refractivity contribution in [2.45, 2.75) is 38.1 Å². The summed E-state index contributed by atoms with van der Waals surface area (Å²) in [6.45, 7) is 0. The molecule has 0 aliphatic heterocycles. The first-order valence-corrected chi connectivity index (χ1v) is 8.94. The van der Waals surface area contributed by atoms with Crippen LogP contribution < -0.4 is 5.73 Å². The molecule has 0 bridgehead atoms. The van der Waals surface area contributed by atoms with Crippen LogP contribution in [0.3, 0.4) is 0 Å². The SMILES string of the molecule is CN(C(=O)c1sc2cccc(Br)c2c1N)C1CCCCC1. The molecule has 0 saturated heterocycles. The van der Waals surface area contributed by atoms with Gasteiger partial charge in [-0.1, -0.05) is 41.3 Å². The van der Waals surface area contributed by atoms with E-state index in [0.29, 0.717) is 16.6 Å². The van der Waals surface area contributed by atoms with Gasteiger partial charge in [-0.05, 0) is 25.0 Å². The number of anilines is 1. The van der Waals surface area contributed by atoms with Gasteiger partial charge in [0.05, 0.1) is 5.69 Å². The zero-order valence-electron chi connectivity index (χ0n) is 12.1. The molecule has 1 aromatic heterocycles. The summed E-state index contributed by atoms with van der Waals surface area (Å²) < 4.78 is 2.01. The van der Waals surface area contributed by atoms with Gasteiger partial charge in [0.25, 0.3) is 5.91 Å². The molecule has 1 heterocycles. The number of nitrogens with two attached hydrogens (primary N) is 1. The van der Waals surface area contributed by atoms with Crippen LogP contribution >= 0.6 is 27.3 Å². The van der Waals surface area contributed by atoms with E-state index in [4.69, 9.17) is 5.73 Å². The Balaban J connectivity index is 1.94. The van der Waals surface area contributed by atoms with Crippen LogP contribution in [0.4, 0.5) is 5.69 Å². The van der Waals surface area contributed by atoms with Crippen molar-refractivity contribution >= 4 is 48.9 Å². The Bertz CT molecular complexity index is 676. The highest BCUT2D eigenvalue weighted by atomic mass is 79.9. The van der Waals surface area contributed by atoms with Crippen molar-refractivity contribution in [3.63, 3.8) is 0 Å². The Morgan fingerprint density at radius 2 is 2.05 bits per heavy atom. The molecule has 3 rings (SSSR count). The highest BCUT2D eigenvalue weighted by Gasteiger charge is 2.26. The third-order valence-corrected chi connectivity index (χ3v) is 6.16. The predicted molar refractivity (Wildman–Crippen MR) is 92.9 cm³/mol. The van der Waals surface area contributed by atoms with E-state index in [2.05, 4.69) is 15.9 Å². The van der Waals surface area contributed by atoms with Crippen LogP contribution in [0, 0.1) is 0 Å². The minimum absolute atomic E-state index is 0.0625. The minimum Gasteiger partial charge on any atom is -0.397 e. The summed E-state index contributed by atoms with van der Waals surface area (Å²) in [5.41, 5.74) is 6.85. The van der Waals surface area contributed by atoms with Crippen LogP contribution in [0.15, 0.2) is 22.7 Å². The molecule has 1 aliphatic rings. The second-order valence-corrected chi connectivity index (χ2v) is 7.57. The number of fused-ring (bicyclic) bond motifs is 1. The van der Waals surface area contributed by atoms with E-state index in [-0.39, 0.29) is 5.91 Å². The van der Waals surface area contributed by atoms with E-state index in [0.717, 1.165) is 27.4 Å². The van der Waals surface area contributed by atoms with Gasteiger partial charge in [0.2, 0.25) is 0 Å². The molecule has 1 saturated carbocycles. The first-order chi connectivity index (χ1) is 10.1. The van der Waals surface area contributed by atoms with Crippen LogP contribution in [-0.4, -0.2) is 23.9 Å². The van der Waals surface area contributed by atoms with Gasteiger partial charge < -0.3 is 10.6 Å². The van der Waals surface area contributed by atoms with E-state index in [1.807, 2.05) is 30.1 Å². The number of halogens is 1. The molecule has 1 fully saturated rings. The third kappa shape index (κ3) is 2.69. The highest BCUT2D eigenvalue weighted by molar-refractivity contribution is 9.10. The van der Waals surface area contributed by atoms with Crippen molar-refractivity contribution in [2.24, 2.45) is 0 Å². The van der Waals surface area contributed by atoms with Crippen LogP contribution in [0.2, 0.25) is 0 Å². The summed E-state index contributed by atoms with van der Waals surface area (Å²) in [5, 5.41) is 0.961. The summed E-state index contributed by atoms with van der Waals surface area (Å²) in [5.74, 6) is 0.0625. The molecule has 0 unspecified atom stereocenters. The number of hydrogen-bond acceptors (Lipinski definition) is 3. The number of benzene rings is 1. The molecule has 21 heavy (non-hydrogen) atoms. The van der Waals surface area contributed by atoms with Gasteiger partial charge in [-0.25, -0.2) is 0 Å². The van der Waals surface area contributed by atoms with E-state index >= 15 is 0 Å². The van der Waals surface area contributed by atoms with Crippen molar-refractivity contribution in [2.75, 3.05) is 12.8 Å². The molecule has 0 atom stereocenters. The summed E-state index contributed by atoms with van der Waals surface area (Å²) in [6.07, 6.45) is 5.94. The van der Waals surface area contributed by atoms with Gasteiger partial charge in [0.1, 0.15) is 4.88 Å². The number of carbonyl (C=O) groups excluding carboxylic acids is 1. The van der Waals surface area contributed by atoms with Crippen molar-refractivity contribution in [3.8, 4) is 0 Å². The molecule has 0 spiro atoms. The Morgan fingerprint density at radius 1 is 1.33 bits per heavy atom. The lowest BCUT2D eigenvalue weighted by molar-refractivity contribution is 0.0702. The van der Waals surface area contributed by atoms with Crippen LogP contribution in [0.1, 0.15) is 41.8 Å². The first kappa shape index (κ1) is 14.9. The van der Waals surface area contributed by atoms with E-state index in [9.17, 15) is 4.79 Å². The largest absolute Gasteiger partial charge is 0.397 e. The third-order valence-electron chi connectivity index (χ3n) is 4.34. The normalized spacial score (nSPS) is 16.3. The molecule has 1 aromatic carbocycles. The first-order valence-electron chi connectivity index (χ1n) is 7.33. The molecule has 2 N–H and O–H groups in total. The summed E-state index contributed by atoms with van der Waals surface area (Å²) >= 11 is 5.02. The van der Waals surface area contributed by atoms with Gasteiger partial charge in [-0.2, -0.15) is 0 Å². The summed E-state index contributed by atoms with van der Waals surface area (Å²) in [4.78, 5) is 15.4. The van der Waals surface area contributed by atoms with Gasteiger partial charge in [-0.15, -0.1) is 11.3 Å². The zero-order valence-corrected chi connectivity index (χ0v) is 14.5. The van der Waals surface area contributed by atoms with Crippen molar-refractivity contribution < 1.29 is 4.79 Å². The highest BCUT2D eigenvalue weighted by Crippen LogP contribution is 2.39. The predicted octanol–water partition coefficient (Wildman–Crippen LogP) is 4.65. The fourth-order valence-electron chi connectivity index (χ4n) is 3.08. The molecule has 3 nitrogen and oxygen atoms in total. The topological polar surface area (TPSA) is 46.3 Å². The fourth-order valence-corrected chi connectivity index (χ4v) is 4.93. The number of nitrogen functional groups attached to an aromatic ring is 1. The van der Waals surface area contributed by atoms with Gasteiger partial charge in [0, 0.05) is 27.6 Å². The molecule has 1 amide bonds. The number of hydrogen-bond donors (Lipinski definition) is 1. The molecule has 1 aliphatic carbocycles. The number of amides is 1. The van der Waals surface area contributed by atoms with Crippen molar-refractivity contribution in [1.82, 2.24) is 4.90 Å². The van der Waals surface area contributed by atoms with Crippen LogP contribution in [-0.2, 0) is 0 Å². The second-order valence-electron chi connectivity index (χ2n) is 5.67. The Labute approximate surface area is 137 Å². The maximum absolute atomic E-state index is 12.8. The molecular weight excluding hydrogens is 348 g/mol. The fraction of sp³-hybridized carbons (Fsp3) is 0.438. The lowest BCUT2D eigenvalue weighted by Gasteiger charge is -2.31. The van der Waals surface area contributed by atoms with Crippen LogP contribution in [0.5, 0.6) is 0 Å². The molecule has 0 radical (unpaired) electrons. The van der Waals surface area contributed by atoms with E-state index in [1.54, 1.807) is 0 Å².